The zero-order chi connectivity index (χ0) is 29.8. The number of esters is 3. The lowest BCUT2D eigenvalue weighted by Crippen LogP contribution is -2.69. The Morgan fingerprint density at radius 2 is 1.88 bits per heavy atom. The summed E-state index contributed by atoms with van der Waals surface area (Å²) in [5.41, 5.74) is -9.02. The number of aliphatic hydroxyl groups excluding tert-OH is 2. The zero-order valence-corrected chi connectivity index (χ0v) is 23.5. The van der Waals surface area contributed by atoms with E-state index in [0.717, 1.165) is 7.11 Å². The number of carbonyl (C=O) groups excluding carboxylic acids is 4. The number of methoxy groups -OCH3 is 1. The average Bonchev–Trinajstić information content (AvgIpc) is 3.63. The van der Waals surface area contributed by atoms with Gasteiger partial charge in [0.05, 0.1) is 32.2 Å². The second-order valence-electron chi connectivity index (χ2n) is 13.6. The standard InChI is InChI=1S/C29H34O12/c1-13(30)39-26-12-23(2)18(17(32)20(34)37-5)25(26,4)15-6-8-24(3,19(33)14-7-9-38-11-14)27-10-16(31)40-28(15,27)21(26)29(36,41-27)22(23)35/h7,9,11,15,17-19,21,32-33,36H,6,8,10,12H2,1-5H3/t15-,17?,18+,19+,21+,23+,24+,25-,26+,27-,28+,29-/m1/s1. The summed E-state index contributed by atoms with van der Waals surface area (Å²) < 4.78 is 29.2. The lowest BCUT2D eigenvalue weighted by molar-refractivity contribution is -0.301. The number of hydrogen-bond acceptors (Lipinski definition) is 12. The van der Waals surface area contributed by atoms with Gasteiger partial charge in [-0.25, -0.2) is 4.79 Å². The van der Waals surface area contributed by atoms with Gasteiger partial charge in [-0.3, -0.25) is 14.4 Å². The van der Waals surface area contributed by atoms with Crippen molar-refractivity contribution < 1.29 is 57.9 Å². The Bertz CT molecular complexity index is 1410. The molecule has 2 saturated heterocycles. The minimum Gasteiger partial charge on any atom is -0.472 e. The molecule has 6 aliphatic rings. The van der Waals surface area contributed by atoms with Crippen molar-refractivity contribution in [3.05, 3.63) is 24.2 Å². The third kappa shape index (κ3) is 2.41. The normalized spacial score (nSPS) is 51.7. The molecule has 1 aromatic heterocycles. The van der Waals surface area contributed by atoms with Crippen LogP contribution in [0.3, 0.4) is 0 Å². The SMILES string of the molecule is COC(=O)C(O)[C@@H]1[C@@]2(C)[C@H]3CC[C@@](C)([C@@H](O)c4ccoc4)[C@]45CC(=O)O[C@]34[C@H]3[C@@](O)(O5)C(=O)[C@@]1(C)C[C@]32OC(C)=O. The highest BCUT2D eigenvalue weighted by atomic mass is 16.7. The van der Waals surface area contributed by atoms with E-state index in [2.05, 4.69) is 0 Å². The van der Waals surface area contributed by atoms with Crippen molar-refractivity contribution in [3.8, 4) is 0 Å². The maximum absolute atomic E-state index is 14.6. The molecule has 3 heterocycles. The summed E-state index contributed by atoms with van der Waals surface area (Å²) >= 11 is 0. The minimum atomic E-state index is -2.63. The summed E-state index contributed by atoms with van der Waals surface area (Å²) in [6.07, 6.45) is -0.321. The van der Waals surface area contributed by atoms with E-state index >= 15 is 0 Å². The molecule has 3 N–H and O–H groups in total. The summed E-state index contributed by atoms with van der Waals surface area (Å²) in [6.45, 7) is 6.21. The van der Waals surface area contributed by atoms with Crippen LogP contribution >= 0.6 is 0 Å². The summed E-state index contributed by atoms with van der Waals surface area (Å²) in [5.74, 6) is -9.12. The fourth-order valence-electron chi connectivity index (χ4n) is 11.3. The van der Waals surface area contributed by atoms with Crippen LogP contribution in [0.5, 0.6) is 0 Å². The number of ketones is 1. The molecule has 1 spiro atoms. The number of carbonyl (C=O) groups is 4. The highest BCUT2D eigenvalue weighted by Gasteiger charge is 3.02. The van der Waals surface area contributed by atoms with Crippen molar-refractivity contribution in [2.45, 2.75) is 88.2 Å². The predicted molar refractivity (Wildman–Crippen MR) is 132 cm³/mol. The monoisotopic (exact) mass is 574 g/mol. The molecule has 6 fully saturated rings. The number of fused-ring (bicyclic) bond motifs is 2. The molecule has 41 heavy (non-hydrogen) atoms. The molecular formula is C29H34O12. The molecule has 1 aromatic rings. The van der Waals surface area contributed by atoms with E-state index in [1.165, 1.54) is 26.4 Å². The molecule has 7 rings (SSSR count). The first-order valence-electron chi connectivity index (χ1n) is 13.9. The lowest BCUT2D eigenvalue weighted by atomic mass is 9.46. The first-order valence-corrected chi connectivity index (χ1v) is 13.9. The Hall–Kier alpha value is -2.80. The second-order valence-corrected chi connectivity index (χ2v) is 13.6. The molecule has 2 bridgehead atoms. The number of furan rings is 1. The molecular weight excluding hydrogens is 540 g/mol. The fourth-order valence-corrected chi connectivity index (χ4v) is 11.3. The van der Waals surface area contributed by atoms with Crippen molar-refractivity contribution in [1.29, 1.82) is 0 Å². The molecule has 12 nitrogen and oxygen atoms in total. The van der Waals surface area contributed by atoms with E-state index in [1.54, 1.807) is 19.9 Å². The Balaban J connectivity index is 1.57. The van der Waals surface area contributed by atoms with Crippen molar-refractivity contribution in [2.75, 3.05) is 7.11 Å². The maximum Gasteiger partial charge on any atom is 0.335 e. The van der Waals surface area contributed by atoms with Gasteiger partial charge >= 0.3 is 17.9 Å². The first-order chi connectivity index (χ1) is 19.1. The van der Waals surface area contributed by atoms with Crippen LogP contribution in [0.2, 0.25) is 0 Å². The quantitative estimate of drug-likeness (QED) is 0.335. The van der Waals surface area contributed by atoms with Gasteiger partial charge in [-0.1, -0.05) is 20.8 Å². The van der Waals surface area contributed by atoms with E-state index < -0.39 is 92.5 Å². The Morgan fingerprint density at radius 3 is 2.49 bits per heavy atom. The van der Waals surface area contributed by atoms with Crippen LogP contribution in [0, 0.1) is 34.0 Å². The van der Waals surface area contributed by atoms with E-state index in [-0.39, 0.29) is 25.7 Å². The number of rotatable bonds is 5. The van der Waals surface area contributed by atoms with E-state index in [1.807, 2.05) is 0 Å². The van der Waals surface area contributed by atoms with E-state index in [9.17, 15) is 34.5 Å². The molecule has 0 aromatic carbocycles. The van der Waals surface area contributed by atoms with Crippen molar-refractivity contribution in [3.63, 3.8) is 0 Å². The van der Waals surface area contributed by atoms with Crippen LogP contribution in [-0.2, 0) is 38.1 Å². The zero-order valence-electron chi connectivity index (χ0n) is 23.5. The molecule has 2 aliphatic heterocycles. The Labute approximate surface area is 235 Å². The average molecular weight is 575 g/mol. The van der Waals surface area contributed by atoms with Gasteiger partial charge in [-0.2, -0.15) is 0 Å². The molecule has 1 unspecified atom stereocenters. The largest absolute Gasteiger partial charge is 0.472 e. The smallest absolute Gasteiger partial charge is 0.335 e. The van der Waals surface area contributed by atoms with Crippen LogP contribution in [0.25, 0.3) is 0 Å². The van der Waals surface area contributed by atoms with Crippen LogP contribution < -0.4 is 0 Å². The minimum absolute atomic E-state index is 0.142. The third-order valence-corrected chi connectivity index (χ3v) is 12.3. The molecule has 0 amide bonds. The van der Waals surface area contributed by atoms with Crippen LogP contribution in [0.4, 0.5) is 0 Å². The number of ether oxygens (including phenoxy) is 4. The predicted octanol–water partition coefficient (Wildman–Crippen LogP) is 0.953. The highest BCUT2D eigenvalue weighted by molar-refractivity contribution is 5.97. The molecule has 4 aliphatic carbocycles. The van der Waals surface area contributed by atoms with Crippen LogP contribution in [0.15, 0.2) is 23.0 Å². The summed E-state index contributed by atoms with van der Waals surface area (Å²) in [6, 6.07) is 1.59. The van der Waals surface area contributed by atoms with E-state index in [4.69, 9.17) is 23.4 Å². The number of hydrogen-bond donors (Lipinski definition) is 3. The Kier molecular flexibility index (Phi) is 4.88. The van der Waals surface area contributed by atoms with Gasteiger partial charge in [0.15, 0.2) is 17.5 Å². The van der Waals surface area contributed by atoms with Crippen molar-refractivity contribution >= 4 is 23.7 Å². The summed E-state index contributed by atoms with van der Waals surface area (Å²) in [5, 5.41) is 35.9. The fraction of sp³-hybridized carbons (Fsp3) is 0.724. The molecule has 0 radical (unpaired) electrons. The van der Waals surface area contributed by atoms with Gasteiger partial charge in [0.1, 0.15) is 17.1 Å². The van der Waals surface area contributed by atoms with Crippen molar-refractivity contribution in [2.24, 2.45) is 34.0 Å². The van der Waals surface area contributed by atoms with Crippen molar-refractivity contribution in [1.82, 2.24) is 0 Å². The molecule has 12 atom stereocenters. The van der Waals surface area contributed by atoms with Gasteiger partial charge in [0, 0.05) is 47.0 Å². The van der Waals surface area contributed by atoms with Gasteiger partial charge < -0.3 is 38.7 Å². The first kappa shape index (κ1) is 27.1. The summed E-state index contributed by atoms with van der Waals surface area (Å²) in [7, 11) is 1.12. The van der Waals surface area contributed by atoms with Crippen LogP contribution in [-0.4, -0.2) is 74.8 Å². The highest BCUT2D eigenvalue weighted by Crippen LogP contribution is 2.88. The second kappa shape index (κ2) is 7.39. The number of aliphatic hydroxyl groups is 3. The molecule has 4 saturated carbocycles. The molecule has 222 valence electrons. The van der Waals surface area contributed by atoms with E-state index in [0.29, 0.717) is 5.56 Å². The topological polar surface area (TPSA) is 179 Å². The Morgan fingerprint density at radius 1 is 1.17 bits per heavy atom. The van der Waals surface area contributed by atoms with Crippen LogP contribution in [0.1, 0.15) is 65.0 Å². The summed E-state index contributed by atoms with van der Waals surface area (Å²) in [4.78, 5) is 53.7. The van der Waals surface area contributed by atoms with Gasteiger partial charge in [0.2, 0.25) is 5.79 Å². The third-order valence-electron chi connectivity index (χ3n) is 12.3. The maximum atomic E-state index is 14.6. The van der Waals surface area contributed by atoms with Gasteiger partial charge in [-0.05, 0) is 18.9 Å². The van der Waals surface area contributed by atoms with Gasteiger partial charge in [0.25, 0.3) is 0 Å². The lowest BCUT2D eigenvalue weighted by Gasteiger charge is -2.58. The molecule has 12 heteroatoms. The van der Waals surface area contributed by atoms with Gasteiger partial charge in [-0.15, -0.1) is 0 Å². The number of Topliss-reactive ketones (excluding diaryl/α,β-unsaturated/α-hetero) is 1.